The summed E-state index contributed by atoms with van der Waals surface area (Å²) in [4.78, 5) is 18.5. The van der Waals surface area contributed by atoms with E-state index in [2.05, 4.69) is 27.4 Å². The molecule has 4 aromatic rings. The molecule has 6 rings (SSSR count). The van der Waals surface area contributed by atoms with Gasteiger partial charge in [0.15, 0.2) is 17.5 Å². The standard InChI is InChI=1S/C32H31N9O2/c33-15-23-27(17-5-1-2-6-17)38-31(40-29(23)36)22-14-20(11-12-26(22)43)37-32-24(16-34)28(18-9-10-19(35)13-18)39-30(41-32)21-7-3-4-8-25(21)42/h3-4,7-8,11-12,14,17-19,42-43H,1-2,5-6,9-10,13,35H2,(H2,36,38,40)(H,37,39,41)/t18?,19-/m1/s1. The van der Waals surface area contributed by atoms with E-state index in [1.807, 2.05) is 0 Å². The first kappa shape index (κ1) is 27.9. The van der Waals surface area contributed by atoms with Gasteiger partial charge in [-0.3, -0.25) is 0 Å². The molecule has 0 radical (unpaired) electrons. The first-order valence-corrected chi connectivity index (χ1v) is 14.4. The summed E-state index contributed by atoms with van der Waals surface area (Å²) >= 11 is 0. The van der Waals surface area contributed by atoms with Crippen molar-refractivity contribution < 1.29 is 10.2 Å². The molecule has 0 spiro atoms. The number of anilines is 3. The van der Waals surface area contributed by atoms with E-state index >= 15 is 0 Å². The monoisotopic (exact) mass is 573 g/mol. The van der Waals surface area contributed by atoms with Crippen molar-refractivity contribution in [3.63, 3.8) is 0 Å². The summed E-state index contributed by atoms with van der Waals surface area (Å²) in [5, 5.41) is 44.6. The molecule has 11 nitrogen and oxygen atoms in total. The predicted octanol–water partition coefficient (Wildman–Crippen LogP) is 5.33. The summed E-state index contributed by atoms with van der Waals surface area (Å²) in [5.41, 5.74) is 15.4. The van der Waals surface area contributed by atoms with Gasteiger partial charge in [0.05, 0.1) is 22.5 Å². The Labute approximate surface area is 248 Å². The highest BCUT2D eigenvalue weighted by molar-refractivity contribution is 5.76. The second-order valence-corrected chi connectivity index (χ2v) is 11.2. The molecule has 11 heteroatoms. The number of nitrogens with zero attached hydrogens (tertiary/aromatic N) is 6. The number of aromatic nitrogens is 4. The van der Waals surface area contributed by atoms with Crippen LogP contribution in [0.15, 0.2) is 42.5 Å². The van der Waals surface area contributed by atoms with Crippen LogP contribution in [0.1, 0.15) is 79.3 Å². The van der Waals surface area contributed by atoms with Crippen LogP contribution in [0.25, 0.3) is 22.8 Å². The molecule has 216 valence electrons. The minimum absolute atomic E-state index is 0.0186. The van der Waals surface area contributed by atoms with Crippen molar-refractivity contribution in [3.8, 4) is 46.4 Å². The number of aromatic hydroxyl groups is 2. The van der Waals surface area contributed by atoms with Gasteiger partial charge in [-0.05, 0) is 62.4 Å². The summed E-state index contributed by atoms with van der Waals surface area (Å²) < 4.78 is 0. The first-order chi connectivity index (χ1) is 20.9. The van der Waals surface area contributed by atoms with E-state index in [9.17, 15) is 20.7 Å². The number of hydrogen-bond acceptors (Lipinski definition) is 11. The largest absolute Gasteiger partial charge is 0.507 e. The Bertz CT molecular complexity index is 1790. The highest BCUT2D eigenvalue weighted by Crippen LogP contribution is 2.40. The smallest absolute Gasteiger partial charge is 0.165 e. The van der Waals surface area contributed by atoms with Gasteiger partial charge in [-0.15, -0.1) is 0 Å². The fraction of sp³-hybridized carbons (Fsp3) is 0.312. The first-order valence-electron chi connectivity index (χ1n) is 14.4. The van der Waals surface area contributed by atoms with E-state index in [4.69, 9.17) is 21.4 Å². The summed E-state index contributed by atoms with van der Waals surface area (Å²) in [5.74, 6) is 0.847. The minimum Gasteiger partial charge on any atom is -0.507 e. The van der Waals surface area contributed by atoms with Crippen molar-refractivity contribution in [1.82, 2.24) is 19.9 Å². The number of nitriles is 2. The quantitative estimate of drug-likeness (QED) is 0.186. The number of hydrogen-bond donors (Lipinski definition) is 5. The summed E-state index contributed by atoms with van der Waals surface area (Å²) in [6, 6.07) is 16.0. The lowest BCUT2D eigenvalue weighted by Crippen LogP contribution is -2.15. The van der Waals surface area contributed by atoms with Crippen molar-refractivity contribution in [2.75, 3.05) is 11.1 Å². The third-order valence-electron chi connectivity index (χ3n) is 8.37. The number of phenolic OH excluding ortho intramolecular Hbond substituents is 2. The zero-order valence-corrected chi connectivity index (χ0v) is 23.5. The Morgan fingerprint density at radius 3 is 2.12 bits per heavy atom. The highest BCUT2D eigenvalue weighted by Gasteiger charge is 2.30. The van der Waals surface area contributed by atoms with Crippen LogP contribution < -0.4 is 16.8 Å². The molecule has 0 aliphatic heterocycles. The van der Waals surface area contributed by atoms with Crippen molar-refractivity contribution in [2.45, 2.75) is 62.8 Å². The third kappa shape index (κ3) is 5.39. The predicted molar refractivity (Wildman–Crippen MR) is 161 cm³/mol. The molecule has 2 saturated carbocycles. The average molecular weight is 574 g/mol. The topological polar surface area (TPSA) is 204 Å². The van der Waals surface area contributed by atoms with Crippen LogP contribution in [-0.4, -0.2) is 36.2 Å². The Kier molecular flexibility index (Phi) is 7.49. The molecule has 2 aromatic heterocycles. The molecule has 2 aliphatic carbocycles. The van der Waals surface area contributed by atoms with E-state index < -0.39 is 0 Å². The van der Waals surface area contributed by atoms with Gasteiger partial charge in [-0.25, -0.2) is 19.9 Å². The van der Waals surface area contributed by atoms with Crippen molar-refractivity contribution in [1.29, 1.82) is 10.5 Å². The van der Waals surface area contributed by atoms with Crippen molar-refractivity contribution in [3.05, 3.63) is 65.0 Å². The number of benzene rings is 2. The lowest BCUT2D eigenvalue weighted by atomic mass is 9.98. The van der Waals surface area contributed by atoms with Crippen LogP contribution >= 0.6 is 0 Å². The van der Waals surface area contributed by atoms with Gasteiger partial charge in [0.25, 0.3) is 0 Å². The molecule has 2 atom stereocenters. The molecule has 2 aromatic carbocycles. The molecule has 0 saturated heterocycles. The summed E-state index contributed by atoms with van der Waals surface area (Å²) in [6.07, 6.45) is 6.24. The SMILES string of the molecule is N#Cc1c(N)nc(-c2cc(Nc3nc(-c4ccccc4O)nc(C4CC[C@@H](N)C4)c3C#N)ccc2O)nc1C1CCCC1. The van der Waals surface area contributed by atoms with Gasteiger partial charge < -0.3 is 27.0 Å². The van der Waals surface area contributed by atoms with E-state index in [1.165, 1.54) is 6.07 Å². The molecule has 1 unspecified atom stereocenters. The molecule has 2 fully saturated rings. The zero-order chi connectivity index (χ0) is 30.1. The number of rotatable bonds is 6. The van der Waals surface area contributed by atoms with Crippen molar-refractivity contribution in [2.24, 2.45) is 5.73 Å². The normalized spacial score (nSPS) is 18.3. The van der Waals surface area contributed by atoms with Crippen LogP contribution in [0.5, 0.6) is 11.5 Å². The van der Waals surface area contributed by atoms with E-state index in [0.717, 1.165) is 38.5 Å². The van der Waals surface area contributed by atoms with E-state index in [-0.39, 0.29) is 63.8 Å². The molecule has 0 amide bonds. The van der Waals surface area contributed by atoms with Gasteiger partial charge in [-0.1, -0.05) is 25.0 Å². The highest BCUT2D eigenvalue weighted by atomic mass is 16.3. The number of nitrogen functional groups attached to an aromatic ring is 1. The lowest BCUT2D eigenvalue weighted by molar-refractivity contribution is 0.476. The van der Waals surface area contributed by atoms with Crippen LogP contribution in [-0.2, 0) is 0 Å². The Morgan fingerprint density at radius 2 is 1.44 bits per heavy atom. The molecule has 7 N–H and O–H groups in total. The molecule has 2 heterocycles. The second-order valence-electron chi connectivity index (χ2n) is 11.2. The molecular formula is C32H31N9O2. The maximum atomic E-state index is 10.8. The second kappa shape index (κ2) is 11.6. The zero-order valence-electron chi connectivity index (χ0n) is 23.5. The van der Waals surface area contributed by atoms with Gasteiger partial charge in [-0.2, -0.15) is 10.5 Å². The fourth-order valence-corrected chi connectivity index (χ4v) is 6.18. The van der Waals surface area contributed by atoms with Gasteiger partial charge in [0.2, 0.25) is 0 Å². The van der Waals surface area contributed by atoms with E-state index in [0.29, 0.717) is 34.6 Å². The molecular weight excluding hydrogens is 542 g/mol. The summed E-state index contributed by atoms with van der Waals surface area (Å²) in [6.45, 7) is 0. The Balaban J connectivity index is 1.44. The number of para-hydroxylation sites is 1. The maximum Gasteiger partial charge on any atom is 0.165 e. The maximum absolute atomic E-state index is 10.8. The average Bonchev–Trinajstić information content (AvgIpc) is 3.70. The lowest BCUT2D eigenvalue weighted by Gasteiger charge is -2.18. The Morgan fingerprint density at radius 1 is 0.767 bits per heavy atom. The van der Waals surface area contributed by atoms with E-state index in [1.54, 1.807) is 36.4 Å². The number of phenols is 2. The molecule has 2 aliphatic rings. The van der Waals surface area contributed by atoms with Crippen LogP contribution in [0.2, 0.25) is 0 Å². The summed E-state index contributed by atoms with van der Waals surface area (Å²) in [7, 11) is 0. The van der Waals surface area contributed by atoms with Crippen LogP contribution in [0.3, 0.4) is 0 Å². The fourth-order valence-electron chi connectivity index (χ4n) is 6.18. The van der Waals surface area contributed by atoms with Gasteiger partial charge in [0, 0.05) is 23.6 Å². The molecule has 0 bridgehead atoms. The van der Waals surface area contributed by atoms with Gasteiger partial charge in [0.1, 0.15) is 40.6 Å². The van der Waals surface area contributed by atoms with Gasteiger partial charge >= 0.3 is 0 Å². The third-order valence-corrected chi connectivity index (χ3v) is 8.37. The Hall–Kier alpha value is -5.26. The number of nitrogens with two attached hydrogens (primary N) is 2. The van der Waals surface area contributed by atoms with Crippen LogP contribution in [0, 0.1) is 22.7 Å². The van der Waals surface area contributed by atoms with Crippen LogP contribution in [0.4, 0.5) is 17.3 Å². The number of nitrogens with one attached hydrogen (secondary N) is 1. The molecule has 43 heavy (non-hydrogen) atoms. The van der Waals surface area contributed by atoms with Crippen molar-refractivity contribution >= 4 is 17.3 Å². The minimum atomic E-state index is -0.0641.